The molecule has 5 rings (SSSR count). The van der Waals surface area contributed by atoms with E-state index in [1.165, 1.54) is 6.07 Å². The third-order valence-corrected chi connectivity index (χ3v) is 6.18. The summed E-state index contributed by atoms with van der Waals surface area (Å²) in [5.74, 6) is -5.30. The molecule has 0 saturated carbocycles. The lowest BCUT2D eigenvalue weighted by molar-refractivity contribution is -0.129. The molecule has 0 unspecified atom stereocenters. The molecule has 0 bridgehead atoms. The number of nitrogens with zero attached hydrogens (tertiary/aromatic N) is 5. The number of hydrogen-bond acceptors (Lipinski definition) is 7. The number of carboxylic acids is 1. The van der Waals surface area contributed by atoms with Gasteiger partial charge in [-0.3, -0.25) is 10.2 Å². The lowest BCUT2D eigenvalue weighted by atomic mass is 9.92. The SMILES string of the molecule is [2H]C1([2H])C[C@@H](c2ncc(-c3ccnc(C(=O)O)c3F)[nH]2)N2C(=O)C=C(c3c(N(C=N)N=N)ccc(Cl)c3F)C([2H])([2H])[C@]21[2H]. The van der Waals surface area contributed by atoms with Gasteiger partial charge in [0.2, 0.25) is 5.91 Å². The number of aromatic nitrogens is 3. The van der Waals surface area contributed by atoms with Crippen molar-refractivity contribution in [2.75, 3.05) is 5.01 Å². The molecule has 2 aliphatic rings. The largest absolute Gasteiger partial charge is 0.476 e. The summed E-state index contributed by atoms with van der Waals surface area (Å²) >= 11 is 5.95. The van der Waals surface area contributed by atoms with Crippen LogP contribution in [0.5, 0.6) is 0 Å². The van der Waals surface area contributed by atoms with Gasteiger partial charge in [0.05, 0.1) is 30.0 Å². The molecule has 3 aromatic rings. The first-order valence-electron chi connectivity index (χ1n) is 13.3. The monoisotopic (exact) mass is 545 g/mol. The number of carboxylic acid groups (broad SMARTS) is 1. The van der Waals surface area contributed by atoms with Crippen LogP contribution in [0.3, 0.4) is 0 Å². The predicted octanol–water partition coefficient (Wildman–Crippen LogP) is 4.98. The molecule has 2 aliphatic heterocycles. The molecule has 11 nitrogen and oxygen atoms in total. The number of aromatic carboxylic acids is 1. The molecule has 14 heteroatoms. The Balaban J connectivity index is 1.66. The van der Waals surface area contributed by atoms with Gasteiger partial charge in [0, 0.05) is 34.9 Å². The summed E-state index contributed by atoms with van der Waals surface area (Å²) in [6.45, 7) is 0. The quantitative estimate of drug-likeness (QED) is 0.142. The molecule has 1 amide bonds. The first-order chi connectivity index (χ1) is 20.1. The van der Waals surface area contributed by atoms with Crippen molar-refractivity contribution in [1.29, 1.82) is 10.9 Å². The maximum Gasteiger partial charge on any atom is 0.357 e. The molecule has 4 heterocycles. The van der Waals surface area contributed by atoms with Crippen molar-refractivity contribution >= 4 is 41.1 Å². The second-order valence-corrected chi connectivity index (χ2v) is 8.38. The zero-order valence-corrected chi connectivity index (χ0v) is 19.7. The van der Waals surface area contributed by atoms with E-state index in [-0.39, 0.29) is 22.8 Å². The Labute approximate surface area is 225 Å². The zero-order valence-electron chi connectivity index (χ0n) is 24.0. The number of benzene rings is 1. The van der Waals surface area contributed by atoms with Crippen LogP contribution in [0.2, 0.25) is 5.02 Å². The van der Waals surface area contributed by atoms with Crippen molar-refractivity contribution in [2.24, 2.45) is 5.22 Å². The molecule has 194 valence electrons. The first-order valence-corrected chi connectivity index (χ1v) is 11.1. The number of imidazole rings is 1. The van der Waals surface area contributed by atoms with E-state index in [0.717, 1.165) is 24.5 Å². The molecule has 1 aromatic carbocycles. The highest BCUT2D eigenvalue weighted by molar-refractivity contribution is 6.31. The number of H-pyrrole nitrogens is 1. The number of rotatable bonds is 7. The average molecular weight is 546 g/mol. The number of carbonyl (C=O) groups excluding carboxylic acids is 1. The molecule has 38 heavy (non-hydrogen) atoms. The van der Waals surface area contributed by atoms with Crippen molar-refractivity contribution in [3.05, 3.63) is 70.4 Å². The number of hydrogen-bond donors (Lipinski definition) is 4. The van der Waals surface area contributed by atoms with Crippen LogP contribution in [0.15, 0.2) is 41.9 Å². The van der Waals surface area contributed by atoms with E-state index in [0.29, 0.717) is 22.3 Å². The van der Waals surface area contributed by atoms with E-state index >= 15 is 4.39 Å². The number of nitrogens with one attached hydrogen (secondary N) is 3. The Morgan fingerprint density at radius 3 is 2.87 bits per heavy atom. The fourth-order valence-electron chi connectivity index (χ4n) is 4.19. The smallest absolute Gasteiger partial charge is 0.357 e. The molecule has 0 radical (unpaired) electrons. The van der Waals surface area contributed by atoms with E-state index in [9.17, 15) is 19.1 Å². The van der Waals surface area contributed by atoms with Gasteiger partial charge in [0.15, 0.2) is 17.3 Å². The van der Waals surface area contributed by atoms with Gasteiger partial charge in [-0.05, 0) is 42.9 Å². The van der Waals surface area contributed by atoms with Gasteiger partial charge >= 0.3 is 5.97 Å². The molecule has 0 aliphatic carbocycles. The third-order valence-electron chi connectivity index (χ3n) is 5.89. The Morgan fingerprint density at radius 2 is 2.16 bits per heavy atom. The normalized spacial score (nSPS) is 25.2. The van der Waals surface area contributed by atoms with Gasteiger partial charge in [-0.15, -0.1) is 0 Å². The first kappa shape index (κ1) is 19.6. The fourth-order valence-corrected chi connectivity index (χ4v) is 4.35. The van der Waals surface area contributed by atoms with E-state index in [2.05, 4.69) is 20.2 Å². The molecule has 2 aromatic heterocycles. The van der Waals surface area contributed by atoms with E-state index in [4.69, 9.17) is 29.4 Å². The number of carbonyl (C=O) groups is 2. The van der Waals surface area contributed by atoms with Gasteiger partial charge in [-0.2, -0.15) is 5.53 Å². The van der Waals surface area contributed by atoms with Crippen LogP contribution in [-0.2, 0) is 4.79 Å². The highest BCUT2D eigenvalue weighted by Crippen LogP contribution is 2.45. The predicted molar refractivity (Wildman–Crippen MR) is 132 cm³/mol. The van der Waals surface area contributed by atoms with Gasteiger partial charge in [0.25, 0.3) is 0 Å². The maximum atomic E-state index is 15.5. The number of fused-ring (bicyclic) bond motifs is 1. The van der Waals surface area contributed by atoms with Crippen LogP contribution in [0.1, 0.15) is 53.9 Å². The van der Waals surface area contributed by atoms with Gasteiger partial charge in [0.1, 0.15) is 12.2 Å². The molecule has 4 N–H and O–H groups in total. The Bertz CT molecular complexity index is 1750. The summed E-state index contributed by atoms with van der Waals surface area (Å²) in [6, 6.07) is -1.07. The molecule has 1 fully saturated rings. The van der Waals surface area contributed by atoms with E-state index in [1.54, 1.807) is 0 Å². The summed E-state index contributed by atoms with van der Waals surface area (Å²) in [6.07, 6.45) is -3.24. The fraction of sp³-hybridized carbons (Fsp3) is 0.208. The van der Waals surface area contributed by atoms with Gasteiger partial charge in [-0.25, -0.2) is 28.6 Å². The van der Waals surface area contributed by atoms with Crippen LogP contribution < -0.4 is 5.01 Å². The molecule has 2 atom stereocenters. The minimum absolute atomic E-state index is 0.0549. The summed E-state index contributed by atoms with van der Waals surface area (Å²) in [5, 5.41) is 19.8. The number of anilines is 1. The van der Waals surface area contributed by atoms with Crippen LogP contribution in [-0.4, -0.2) is 49.2 Å². The highest BCUT2D eigenvalue weighted by Gasteiger charge is 2.42. The minimum atomic E-state index is -3.14. The summed E-state index contributed by atoms with van der Waals surface area (Å²) in [7, 11) is 0. The number of amides is 1. The van der Waals surface area contributed by atoms with E-state index in [1.807, 2.05) is 0 Å². The Hall–Kier alpha value is -4.52. The standard InChI is InChI=1S/C24H19ClF2N8O3/c25-14-2-4-16(34(10-28)33-29)19(21(14)27)11-7-12-1-3-17(35(12)18(36)8-11)23-31-9-15(32-23)13-5-6-30-22(20(13)26)24(37)38/h2,4-6,8-10,12,17,28-29H,1,3,7H2,(H,31,32)(H,37,38)/t12-,17+/m1/s1/i1D2,7D2,12D. The van der Waals surface area contributed by atoms with Crippen LogP contribution in [0, 0.1) is 22.6 Å². The number of pyridine rings is 1. The van der Waals surface area contributed by atoms with Gasteiger partial charge < -0.3 is 15.0 Å². The highest BCUT2D eigenvalue weighted by atomic mass is 35.5. The molecular weight excluding hydrogens is 522 g/mol. The lowest BCUT2D eigenvalue weighted by Crippen LogP contribution is -2.39. The van der Waals surface area contributed by atoms with Crippen molar-refractivity contribution in [3.63, 3.8) is 0 Å². The number of halogens is 3. The number of aromatic amines is 1. The van der Waals surface area contributed by atoms with Crippen LogP contribution in [0.25, 0.3) is 16.8 Å². The molecular formula is C24H19ClF2N8O3. The minimum Gasteiger partial charge on any atom is -0.476 e. The van der Waals surface area contributed by atoms with Crippen molar-refractivity contribution in [3.8, 4) is 11.3 Å². The second-order valence-electron chi connectivity index (χ2n) is 7.97. The van der Waals surface area contributed by atoms with Crippen molar-refractivity contribution in [1.82, 2.24) is 19.9 Å². The second kappa shape index (κ2) is 9.74. The van der Waals surface area contributed by atoms with Crippen LogP contribution >= 0.6 is 11.6 Å². The van der Waals surface area contributed by atoms with Gasteiger partial charge in [-0.1, -0.05) is 16.8 Å². The summed E-state index contributed by atoms with van der Waals surface area (Å²) in [4.78, 5) is 35.9. The van der Waals surface area contributed by atoms with Crippen molar-refractivity contribution in [2.45, 2.75) is 31.2 Å². The summed E-state index contributed by atoms with van der Waals surface area (Å²) in [5.41, 5.74) is 4.33. The average Bonchev–Trinajstić information content (AvgIpc) is 3.51. The Morgan fingerprint density at radius 1 is 1.37 bits per heavy atom. The molecule has 1 saturated heterocycles. The lowest BCUT2D eigenvalue weighted by Gasteiger charge is -2.33. The Kier molecular flexibility index (Phi) is 5.02. The van der Waals surface area contributed by atoms with Crippen molar-refractivity contribution < 1.29 is 30.3 Å². The molecule has 0 spiro atoms. The van der Waals surface area contributed by atoms with Crippen LogP contribution in [0.4, 0.5) is 14.5 Å². The topological polar surface area (TPSA) is 162 Å². The van der Waals surface area contributed by atoms with E-state index < -0.39 is 76.6 Å². The summed E-state index contributed by atoms with van der Waals surface area (Å²) < 4.78 is 74.9. The zero-order chi connectivity index (χ0) is 31.6. The maximum absolute atomic E-state index is 15.5. The third kappa shape index (κ3) is 4.10.